The molecule has 0 aliphatic carbocycles. The molecule has 5 heteroatoms. The van der Waals surface area contributed by atoms with E-state index in [2.05, 4.69) is 36.9 Å². The summed E-state index contributed by atoms with van der Waals surface area (Å²) in [6, 6.07) is 29.7. The van der Waals surface area contributed by atoms with E-state index in [0.717, 1.165) is 33.5 Å². The first kappa shape index (κ1) is 25.2. The molecule has 0 unspecified atom stereocenters. The fourth-order valence-electron chi connectivity index (χ4n) is 6.66. The maximum atomic E-state index is 14.8. The summed E-state index contributed by atoms with van der Waals surface area (Å²) in [5, 5.41) is 0. The van der Waals surface area contributed by atoms with Crippen molar-refractivity contribution >= 4 is 17.4 Å². The number of amides is 1. The number of carbonyl (C=O) groups is 2. The molecule has 1 amide bonds. The largest absolute Gasteiger partial charge is 0.306 e. The van der Waals surface area contributed by atoms with Crippen LogP contribution in [0, 0.1) is 25.6 Å². The molecule has 4 aromatic rings. The second-order valence-electron chi connectivity index (χ2n) is 10.9. The Bertz CT molecular complexity index is 1570. The normalized spacial score (nSPS) is 22.5. The molecule has 2 aliphatic heterocycles. The Morgan fingerprint density at radius 1 is 0.923 bits per heavy atom. The van der Waals surface area contributed by atoms with Crippen molar-refractivity contribution in [3.8, 4) is 0 Å². The first-order valence-corrected chi connectivity index (χ1v) is 13.4. The Labute approximate surface area is 228 Å². The minimum Gasteiger partial charge on any atom is -0.306 e. The first-order chi connectivity index (χ1) is 18.8. The third-order valence-electron chi connectivity index (χ3n) is 8.57. The van der Waals surface area contributed by atoms with Gasteiger partial charge in [-0.3, -0.25) is 14.5 Å². The van der Waals surface area contributed by atoms with Gasteiger partial charge in [0.25, 0.3) is 5.91 Å². The van der Waals surface area contributed by atoms with Crippen LogP contribution in [0.5, 0.6) is 0 Å². The van der Waals surface area contributed by atoms with Crippen molar-refractivity contribution in [1.82, 2.24) is 4.90 Å². The smallest absolute Gasteiger partial charge is 0.253 e. The summed E-state index contributed by atoms with van der Waals surface area (Å²) in [6.45, 7) is 5.03. The van der Waals surface area contributed by atoms with Gasteiger partial charge in [-0.05, 0) is 55.8 Å². The number of aryl methyl sites for hydroxylation is 2. The van der Waals surface area contributed by atoms with Gasteiger partial charge in [0, 0.05) is 29.3 Å². The van der Waals surface area contributed by atoms with Crippen molar-refractivity contribution in [2.45, 2.75) is 31.8 Å². The van der Waals surface area contributed by atoms with Crippen LogP contribution in [0.15, 0.2) is 97.1 Å². The molecule has 0 bridgehead atoms. The van der Waals surface area contributed by atoms with E-state index >= 15 is 0 Å². The van der Waals surface area contributed by atoms with E-state index in [4.69, 9.17) is 0 Å². The van der Waals surface area contributed by atoms with Crippen molar-refractivity contribution in [2.75, 3.05) is 18.5 Å². The fraction of sp³-hybridized carbons (Fsp3) is 0.235. The van der Waals surface area contributed by atoms with Crippen LogP contribution in [0.1, 0.15) is 44.1 Å². The maximum Gasteiger partial charge on any atom is 0.253 e. The number of halogens is 1. The van der Waals surface area contributed by atoms with Gasteiger partial charge in [0.05, 0.1) is 12.5 Å². The van der Waals surface area contributed by atoms with E-state index < -0.39 is 11.5 Å². The summed E-state index contributed by atoms with van der Waals surface area (Å²) in [5.41, 5.74) is 5.26. The lowest BCUT2D eigenvalue weighted by molar-refractivity contribution is -0.129. The molecular formula is C34H31FN2O2. The predicted molar refractivity (Wildman–Crippen MR) is 151 cm³/mol. The lowest BCUT2D eigenvalue weighted by atomic mass is 9.70. The molecular weight excluding hydrogens is 487 g/mol. The van der Waals surface area contributed by atoms with Crippen LogP contribution in [0.25, 0.3) is 0 Å². The number of Topliss-reactive ketones (excluding diaryl/α,β-unsaturated/α-hetero) is 1. The van der Waals surface area contributed by atoms with Gasteiger partial charge in [0.2, 0.25) is 0 Å². The molecule has 1 spiro atoms. The molecule has 0 radical (unpaired) electrons. The van der Waals surface area contributed by atoms with Gasteiger partial charge < -0.3 is 4.90 Å². The number of anilines is 1. The molecule has 4 aromatic carbocycles. The van der Waals surface area contributed by atoms with Crippen LogP contribution < -0.4 is 4.90 Å². The van der Waals surface area contributed by atoms with Crippen LogP contribution in [0.2, 0.25) is 0 Å². The zero-order valence-electron chi connectivity index (χ0n) is 22.4. The molecule has 4 nitrogen and oxygen atoms in total. The van der Waals surface area contributed by atoms with Gasteiger partial charge in [0.1, 0.15) is 11.4 Å². The SMILES string of the molecule is Cc1ccc(C)c(CN2C(=O)[C@]3(c4ccccc42)[C@H](C(=O)c2ccccc2)[C@H](c2ccc(F)cc2)CN3C)c1. The highest BCUT2D eigenvalue weighted by Crippen LogP contribution is 2.57. The predicted octanol–water partition coefficient (Wildman–Crippen LogP) is 6.41. The first-order valence-electron chi connectivity index (χ1n) is 13.4. The highest BCUT2D eigenvalue weighted by molar-refractivity contribution is 6.13. The summed E-state index contributed by atoms with van der Waals surface area (Å²) in [5.74, 6) is -1.47. The van der Waals surface area contributed by atoms with Gasteiger partial charge in [-0.2, -0.15) is 0 Å². The highest BCUT2D eigenvalue weighted by atomic mass is 19.1. The molecule has 1 saturated heterocycles. The average molecular weight is 519 g/mol. The van der Waals surface area contributed by atoms with Gasteiger partial charge >= 0.3 is 0 Å². The maximum absolute atomic E-state index is 14.8. The van der Waals surface area contributed by atoms with Crippen molar-refractivity contribution in [1.29, 1.82) is 0 Å². The minimum atomic E-state index is -1.18. The van der Waals surface area contributed by atoms with E-state index in [9.17, 15) is 14.0 Å². The van der Waals surface area contributed by atoms with Gasteiger partial charge in [-0.1, -0.05) is 84.4 Å². The zero-order valence-corrected chi connectivity index (χ0v) is 22.4. The number of likely N-dealkylation sites (N-methyl/N-ethyl adjacent to an activating group) is 1. The average Bonchev–Trinajstić information content (AvgIpc) is 3.39. The lowest BCUT2D eigenvalue weighted by Crippen LogP contribution is -2.53. The van der Waals surface area contributed by atoms with Crippen LogP contribution >= 0.6 is 0 Å². The fourth-order valence-corrected chi connectivity index (χ4v) is 6.66. The Morgan fingerprint density at radius 3 is 2.36 bits per heavy atom. The number of fused-ring (bicyclic) bond motifs is 2. The van der Waals surface area contributed by atoms with Gasteiger partial charge in [0.15, 0.2) is 5.78 Å². The van der Waals surface area contributed by atoms with Crippen molar-refractivity contribution in [2.24, 2.45) is 5.92 Å². The molecule has 39 heavy (non-hydrogen) atoms. The standard InChI is InChI=1S/C34H31FN2O2/c1-22-13-14-23(2)26(19-22)20-37-30-12-8-7-11-29(30)34(33(37)39)31(32(38)25-9-5-4-6-10-25)28(21-36(34)3)24-15-17-27(35)18-16-24/h4-19,28,31H,20-21H2,1-3H3/t28-,31-,34-/m0/s1. The number of nitrogens with zero attached hydrogens (tertiary/aromatic N) is 2. The summed E-state index contributed by atoms with van der Waals surface area (Å²) in [4.78, 5) is 33.2. The Balaban J connectivity index is 1.54. The summed E-state index contributed by atoms with van der Waals surface area (Å²) in [6.07, 6.45) is 0. The molecule has 0 aromatic heterocycles. The molecule has 3 atom stereocenters. The second kappa shape index (κ2) is 9.58. The van der Waals surface area contributed by atoms with Crippen LogP contribution in [0.3, 0.4) is 0 Å². The monoisotopic (exact) mass is 518 g/mol. The molecule has 0 N–H and O–H groups in total. The molecule has 2 aliphatic rings. The topological polar surface area (TPSA) is 40.6 Å². The number of ketones is 1. The Hall–Kier alpha value is -4.09. The van der Waals surface area contributed by atoms with Crippen LogP contribution in [-0.2, 0) is 16.9 Å². The molecule has 6 rings (SSSR count). The van der Waals surface area contributed by atoms with E-state index in [1.54, 1.807) is 12.1 Å². The summed E-state index contributed by atoms with van der Waals surface area (Å²) < 4.78 is 13.9. The minimum absolute atomic E-state index is 0.0778. The Kier molecular flexibility index (Phi) is 6.19. The van der Waals surface area contributed by atoms with Crippen LogP contribution in [0.4, 0.5) is 10.1 Å². The molecule has 0 saturated carbocycles. The third kappa shape index (κ3) is 3.92. The lowest BCUT2D eigenvalue weighted by Gasteiger charge is -2.36. The number of rotatable bonds is 5. The molecule has 2 heterocycles. The number of hydrogen-bond donors (Lipinski definition) is 0. The van der Waals surface area contributed by atoms with E-state index in [1.807, 2.05) is 66.5 Å². The number of carbonyl (C=O) groups excluding carboxylic acids is 2. The van der Waals surface area contributed by atoms with E-state index in [1.165, 1.54) is 12.1 Å². The second-order valence-corrected chi connectivity index (χ2v) is 10.9. The van der Waals surface area contributed by atoms with Crippen molar-refractivity contribution < 1.29 is 14.0 Å². The molecule has 1 fully saturated rings. The highest BCUT2D eigenvalue weighted by Gasteiger charge is 2.66. The van der Waals surface area contributed by atoms with Crippen molar-refractivity contribution in [3.63, 3.8) is 0 Å². The van der Waals surface area contributed by atoms with E-state index in [-0.39, 0.29) is 23.4 Å². The van der Waals surface area contributed by atoms with Crippen molar-refractivity contribution in [3.05, 3.63) is 136 Å². The third-order valence-corrected chi connectivity index (χ3v) is 8.57. The van der Waals surface area contributed by atoms with Gasteiger partial charge in [-0.25, -0.2) is 4.39 Å². The summed E-state index contributed by atoms with van der Waals surface area (Å²) >= 11 is 0. The van der Waals surface area contributed by atoms with Crippen LogP contribution in [-0.4, -0.2) is 30.2 Å². The number of benzene rings is 4. The van der Waals surface area contributed by atoms with E-state index in [0.29, 0.717) is 18.7 Å². The number of hydrogen-bond acceptors (Lipinski definition) is 3. The number of para-hydroxylation sites is 1. The number of likely N-dealkylation sites (tertiary alicyclic amines) is 1. The van der Waals surface area contributed by atoms with Gasteiger partial charge in [-0.15, -0.1) is 0 Å². The quantitative estimate of drug-likeness (QED) is 0.287. The zero-order chi connectivity index (χ0) is 27.3. The molecule has 196 valence electrons. The Morgan fingerprint density at radius 2 is 1.62 bits per heavy atom. The summed E-state index contributed by atoms with van der Waals surface area (Å²) in [7, 11) is 1.94.